The molecule has 1 saturated carbocycles. The largest absolute Gasteiger partial charge is 0.507 e. The quantitative estimate of drug-likeness (QED) is 0.737. The molecule has 0 aromatic heterocycles. The van der Waals surface area contributed by atoms with Crippen LogP contribution in [-0.4, -0.2) is 16.0 Å². The van der Waals surface area contributed by atoms with Crippen molar-refractivity contribution in [2.24, 2.45) is 0 Å². The van der Waals surface area contributed by atoms with Crippen LogP contribution in [0.4, 0.5) is 0 Å². The van der Waals surface area contributed by atoms with Crippen molar-refractivity contribution >= 4 is 17.9 Å². The van der Waals surface area contributed by atoms with Crippen molar-refractivity contribution < 1.29 is 15.0 Å². The molecule has 3 heteroatoms. The Kier molecular flexibility index (Phi) is 4.73. The second-order valence-electron chi connectivity index (χ2n) is 7.17. The van der Waals surface area contributed by atoms with E-state index in [1.165, 1.54) is 0 Å². The maximum Gasteiger partial charge on any atom is 0.185 e. The van der Waals surface area contributed by atoms with Gasteiger partial charge in [-0.15, -0.1) is 0 Å². The van der Waals surface area contributed by atoms with Crippen molar-refractivity contribution in [2.45, 2.75) is 40.5 Å². The number of allylic oxidation sites excluding steroid dienone is 2. The van der Waals surface area contributed by atoms with Crippen LogP contribution in [0.2, 0.25) is 0 Å². The molecule has 0 amide bonds. The van der Waals surface area contributed by atoms with Crippen LogP contribution < -0.4 is 0 Å². The first-order chi connectivity index (χ1) is 12.3. The Labute approximate surface area is 154 Å². The fourth-order valence-corrected chi connectivity index (χ4v) is 3.53. The van der Waals surface area contributed by atoms with E-state index in [-0.39, 0.29) is 5.78 Å². The van der Waals surface area contributed by atoms with E-state index in [1.54, 1.807) is 0 Å². The van der Waals surface area contributed by atoms with Gasteiger partial charge in [-0.05, 0) is 110 Å². The summed E-state index contributed by atoms with van der Waals surface area (Å²) in [4.78, 5) is 12.8. The normalized spacial score (nSPS) is 17.5. The first kappa shape index (κ1) is 18.0. The van der Waals surface area contributed by atoms with Crippen LogP contribution in [0.25, 0.3) is 12.2 Å². The summed E-state index contributed by atoms with van der Waals surface area (Å²) in [6, 6.07) is 7.60. The molecule has 2 aromatic rings. The molecular formula is C23H24O3. The first-order valence-electron chi connectivity index (χ1n) is 8.82. The Morgan fingerprint density at radius 2 is 1.00 bits per heavy atom. The van der Waals surface area contributed by atoms with Crippen LogP contribution in [0, 0.1) is 27.7 Å². The lowest BCUT2D eigenvalue weighted by Gasteiger charge is -2.06. The number of rotatable bonds is 2. The number of carbonyl (C=O) groups excluding carboxylic acids is 1. The molecule has 0 bridgehead atoms. The molecule has 0 atom stereocenters. The molecule has 134 valence electrons. The maximum atomic E-state index is 12.8. The minimum atomic E-state index is 0.0803. The highest BCUT2D eigenvalue weighted by atomic mass is 16.3. The van der Waals surface area contributed by atoms with E-state index >= 15 is 0 Å². The molecule has 1 fully saturated rings. The highest BCUT2D eigenvalue weighted by Gasteiger charge is 2.23. The van der Waals surface area contributed by atoms with Gasteiger partial charge in [0.05, 0.1) is 0 Å². The molecule has 3 rings (SSSR count). The molecule has 26 heavy (non-hydrogen) atoms. The third-order valence-electron chi connectivity index (χ3n) is 4.96. The number of aromatic hydroxyl groups is 2. The van der Waals surface area contributed by atoms with Gasteiger partial charge < -0.3 is 10.2 Å². The van der Waals surface area contributed by atoms with E-state index in [9.17, 15) is 15.0 Å². The summed E-state index contributed by atoms with van der Waals surface area (Å²) in [7, 11) is 0. The van der Waals surface area contributed by atoms with Crippen LogP contribution >= 0.6 is 0 Å². The van der Waals surface area contributed by atoms with Crippen molar-refractivity contribution in [2.75, 3.05) is 0 Å². The number of Topliss-reactive ketones (excluding diaryl/α,β-unsaturated/α-hetero) is 1. The number of benzene rings is 2. The number of phenols is 2. The zero-order valence-electron chi connectivity index (χ0n) is 15.7. The molecule has 2 N–H and O–H groups in total. The van der Waals surface area contributed by atoms with Crippen molar-refractivity contribution in [3.63, 3.8) is 0 Å². The van der Waals surface area contributed by atoms with Gasteiger partial charge >= 0.3 is 0 Å². The molecule has 3 nitrogen and oxygen atoms in total. The fourth-order valence-electron chi connectivity index (χ4n) is 3.53. The van der Waals surface area contributed by atoms with Gasteiger partial charge in [-0.2, -0.15) is 0 Å². The number of carbonyl (C=O) groups is 1. The third kappa shape index (κ3) is 3.43. The number of hydrogen-bond acceptors (Lipinski definition) is 3. The number of hydrogen-bond donors (Lipinski definition) is 2. The van der Waals surface area contributed by atoms with Crippen LogP contribution in [0.15, 0.2) is 35.4 Å². The zero-order chi connectivity index (χ0) is 19.0. The van der Waals surface area contributed by atoms with E-state index < -0.39 is 0 Å². The Bertz CT molecular complexity index is 838. The molecule has 0 spiro atoms. The monoisotopic (exact) mass is 348 g/mol. The van der Waals surface area contributed by atoms with E-state index in [1.807, 2.05) is 64.1 Å². The predicted molar refractivity (Wildman–Crippen MR) is 105 cm³/mol. The summed E-state index contributed by atoms with van der Waals surface area (Å²) in [5.41, 5.74) is 6.74. The lowest BCUT2D eigenvalue weighted by atomic mass is 10.0. The highest BCUT2D eigenvalue weighted by molar-refractivity contribution is 6.15. The summed E-state index contributed by atoms with van der Waals surface area (Å²) in [6.07, 6.45) is 5.30. The van der Waals surface area contributed by atoms with Gasteiger partial charge in [0, 0.05) is 11.1 Å². The molecule has 0 saturated heterocycles. The smallest absolute Gasteiger partial charge is 0.185 e. The number of phenolic OH excluding ortho intramolecular Hbond substituents is 2. The van der Waals surface area contributed by atoms with Crippen molar-refractivity contribution in [3.05, 3.63) is 68.8 Å². The second-order valence-corrected chi connectivity index (χ2v) is 7.17. The Morgan fingerprint density at radius 3 is 1.31 bits per heavy atom. The molecule has 0 unspecified atom stereocenters. The van der Waals surface area contributed by atoms with Crippen LogP contribution in [-0.2, 0) is 4.79 Å². The zero-order valence-corrected chi connectivity index (χ0v) is 15.7. The van der Waals surface area contributed by atoms with Gasteiger partial charge in [-0.25, -0.2) is 0 Å². The van der Waals surface area contributed by atoms with Gasteiger partial charge in [0.1, 0.15) is 11.5 Å². The molecule has 0 aliphatic heterocycles. The molecule has 1 aliphatic rings. The first-order valence-corrected chi connectivity index (χ1v) is 8.82. The predicted octanol–water partition coefficient (Wildman–Crippen LogP) is 5.16. The van der Waals surface area contributed by atoms with Gasteiger partial charge in [0.2, 0.25) is 0 Å². The SMILES string of the molecule is Cc1cc(/C=C2\CC/C(=C\c3cc(C)c(O)c(C)c3)C2=O)cc(C)c1O. The number of aryl methyl sites for hydroxylation is 4. The maximum absolute atomic E-state index is 12.8. The van der Waals surface area contributed by atoms with Gasteiger partial charge in [0.15, 0.2) is 5.78 Å². The lowest BCUT2D eigenvalue weighted by molar-refractivity contribution is -0.111. The summed E-state index contributed by atoms with van der Waals surface area (Å²) in [5.74, 6) is 0.698. The topological polar surface area (TPSA) is 57.5 Å². The van der Waals surface area contributed by atoms with E-state index in [4.69, 9.17) is 0 Å². The minimum Gasteiger partial charge on any atom is -0.507 e. The van der Waals surface area contributed by atoms with Crippen LogP contribution in [0.1, 0.15) is 46.2 Å². The summed E-state index contributed by atoms with van der Waals surface area (Å²) in [6.45, 7) is 7.45. The Balaban J connectivity index is 1.91. The Hall–Kier alpha value is -2.81. The average Bonchev–Trinajstić information content (AvgIpc) is 2.90. The van der Waals surface area contributed by atoms with E-state index in [0.717, 1.165) is 57.4 Å². The Morgan fingerprint density at radius 1 is 0.692 bits per heavy atom. The average molecular weight is 348 g/mol. The van der Waals surface area contributed by atoms with Crippen molar-refractivity contribution in [1.29, 1.82) is 0 Å². The van der Waals surface area contributed by atoms with E-state index in [2.05, 4.69) is 0 Å². The summed E-state index contributed by atoms with van der Waals surface area (Å²) in [5, 5.41) is 19.8. The third-order valence-corrected chi connectivity index (χ3v) is 4.96. The van der Waals surface area contributed by atoms with Gasteiger partial charge in [-0.1, -0.05) is 0 Å². The minimum absolute atomic E-state index is 0.0803. The molecule has 0 radical (unpaired) electrons. The molecule has 1 aliphatic carbocycles. The van der Waals surface area contributed by atoms with Crippen molar-refractivity contribution in [1.82, 2.24) is 0 Å². The van der Waals surface area contributed by atoms with Crippen LogP contribution in [0.3, 0.4) is 0 Å². The van der Waals surface area contributed by atoms with Crippen LogP contribution in [0.5, 0.6) is 11.5 Å². The van der Waals surface area contributed by atoms with E-state index in [0.29, 0.717) is 11.5 Å². The second kappa shape index (κ2) is 6.83. The fraction of sp³-hybridized carbons (Fsp3) is 0.261. The van der Waals surface area contributed by atoms with Gasteiger partial charge in [0.25, 0.3) is 0 Å². The standard InChI is InChI=1S/C23H24O3/c1-13-7-17(8-14(2)21(13)24)11-19-5-6-20(23(19)26)12-18-9-15(3)22(25)16(4)10-18/h7-12,24-25H,5-6H2,1-4H3/b19-11+,20-12+. The summed E-state index contributed by atoms with van der Waals surface area (Å²) >= 11 is 0. The van der Waals surface area contributed by atoms with Crippen molar-refractivity contribution in [3.8, 4) is 11.5 Å². The highest BCUT2D eigenvalue weighted by Crippen LogP contribution is 2.32. The lowest BCUT2D eigenvalue weighted by Crippen LogP contribution is -1.96. The summed E-state index contributed by atoms with van der Waals surface area (Å²) < 4.78 is 0. The number of ketones is 1. The molecule has 0 heterocycles. The molecule has 2 aromatic carbocycles. The molecular weight excluding hydrogens is 324 g/mol. The van der Waals surface area contributed by atoms with Gasteiger partial charge in [-0.3, -0.25) is 4.79 Å².